The van der Waals surface area contributed by atoms with E-state index in [1.54, 1.807) is 0 Å². The summed E-state index contributed by atoms with van der Waals surface area (Å²) in [7, 11) is 4.05. The van der Waals surface area contributed by atoms with Gasteiger partial charge < -0.3 is 14.4 Å². The van der Waals surface area contributed by atoms with Gasteiger partial charge in [0.2, 0.25) is 0 Å². The number of thioether (sulfide) groups is 1. The standard InChI is InChI=1S/C44H85NO5S/c1-9-11-13-15-17-19-21-29-38-51-42(48)44(5,6)35-27-23-25-32-39(50-40(46)33-30-36-45(7)8)31-24-22-26-34-43(3,4)41(47)49-37-28-20-18-16-14-12-10-2/h39H,9-38H2,1-8H3. The van der Waals surface area contributed by atoms with Gasteiger partial charge in [-0.1, -0.05) is 149 Å². The molecule has 302 valence electrons. The van der Waals surface area contributed by atoms with Crippen LogP contribution in [0.2, 0.25) is 0 Å². The van der Waals surface area contributed by atoms with E-state index in [0.29, 0.717) is 18.1 Å². The molecule has 0 bridgehead atoms. The van der Waals surface area contributed by atoms with E-state index in [2.05, 4.69) is 32.6 Å². The second-order valence-electron chi connectivity index (χ2n) is 16.9. The monoisotopic (exact) mass is 740 g/mol. The maximum Gasteiger partial charge on any atom is 0.311 e. The van der Waals surface area contributed by atoms with E-state index in [4.69, 9.17) is 9.47 Å². The van der Waals surface area contributed by atoms with Gasteiger partial charge in [0.1, 0.15) is 6.10 Å². The fraction of sp³-hybridized carbons (Fsp3) is 0.932. The molecule has 0 aromatic heterocycles. The lowest BCUT2D eigenvalue weighted by Gasteiger charge is -2.23. The Morgan fingerprint density at radius 2 is 1.06 bits per heavy atom. The summed E-state index contributed by atoms with van der Waals surface area (Å²) in [4.78, 5) is 40.5. The van der Waals surface area contributed by atoms with E-state index >= 15 is 0 Å². The van der Waals surface area contributed by atoms with Gasteiger partial charge in [0, 0.05) is 17.6 Å². The predicted octanol–water partition coefficient (Wildman–Crippen LogP) is 12.9. The molecule has 51 heavy (non-hydrogen) atoms. The number of ether oxygens (including phenoxy) is 2. The smallest absolute Gasteiger partial charge is 0.311 e. The number of carbonyl (C=O) groups is 3. The van der Waals surface area contributed by atoms with Crippen LogP contribution < -0.4 is 0 Å². The van der Waals surface area contributed by atoms with E-state index in [-0.39, 0.29) is 23.5 Å². The highest BCUT2D eigenvalue weighted by molar-refractivity contribution is 8.13. The lowest BCUT2D eigenvalue weighted by molar-refractivity contribution is -0.154. The molecule has 0 amide bonds. The van der Waals surface area contributed by atoms with Gasteiger partial charge in [-0.15, -0.1) is 0 Å². The molecule has 1 atom stereocenters. The summed E-state index contributed by atoms with van der Waals surface area (Å²) in [6.07, 6.45) is 29.5. The average Bonchev–Trinajstić information content (AvgIpc) is 3.07. The lowest BCUT2D eigenvalue weighted by atomic mass is 9.86. The molecule has 0 saturated heterocycles. The fourth-order valence-corrected chi connectivity index (χ4v) is 7.52. The van der Waals surface area contributed by atoms with E-state index in [1.165, 1.54) is 88.8 Å². The molecule has 0 rings (SSSR count). The Kier molecular flexibility index (Phi) is 31.7. The summed E-state index contributed by atoms with van der Waals surface area (Å²) in [6.45, 7) is 14.1. The molecule has 0 aromatic carbocycles. The molecule has 0 N–H and O–H groups in total. The quantitative estimate of drug-likeness (QED) is 0.0468. The van der Waals surface area contributed by atoms with Crippen LogP contribution in [0.1, 0.15) is 215 Å². The minimum Gasteiger partial charge on any atom is -0.465 e. The number of hydrogen-bond donors (Lipinski definition) is 0. The molecule has 0 saturated carbocycles. The molecule has 0 radical (unpaired) electrons. The summed E-state index contributed by atoms with van der Waals surface area (Å²) in [6, 6.07) is 0. The molecule has 7 heteroatoms. The van der Waals surface area contributed by atoms with Crippen LogP contribution in [0.25, 0.3) is 0 Å². The van der Waals surface area contributed by atoms with Crippen molar-refractivity contribution in [1.82, 2.24) is 4.90 Å². The van der Waals surface area contributed by atoms with E-state index in [9.17, 15) is 14.4 Å². The minimum atomic E-state index is -0.472. The molecular weight excluding hydrogens is 655 g/mol. The maximum atomic E-state index is 12.9. The third-order valence-electron chi connectivity index (χ3n) is 10.3. The van der Waals surface area contributed by atoms with Crippen LogP contribution in [0, 0.1) is 10.8 Å². The van der Waals surface area contributed by atoms with Crippen molar-refractivity contribution in [2.75, 3.05) is 33.0 Å². The summed E-state index contributed by atoms with van der Waals surface area (Å²) in [5.74, 6) is 0.775. The Morgan fingerprint density at radius 3 is 1.59 bits per heavy atom. The topological polar surface area (TPSA) is 72.9 Å². The number of carbonyl (C=O) groups excluding carboxylic acids is 3. The maximum absolute atomic E-state index is 12.9. The first-order valence-corrected chi connectivity index (χ1v) is 22.5. The molecule has 0 aliphatic heterocycles. The minimum absolute atomic E-state index is 0.0614. The van der Waals surface area contributed by atoms with Gasteiger partial charge >= 0.3 is 11.9 Å². The molecular formula is C44H85NO5S. The Hall–Kier alpha value is -1.08. The first-order chi connectivity index (χ1) is 24.4. The molecule has 6 nitrogen and oxygen atoms in total. The van der Waals surface area contributed by atoms with Gasteiger partial charge in [0.25, 0.3) is 0 Å². The van der Waals surface area contributed by atoms with Gasteiger partial charge in [0.05, 0.1) is 12.0 Å². The van der Waals surface area contributed by atoms with Gasteiger partial charge in [-0.05, 0) is 92.3 Å². The third-order valence-corrected chi connectivity index (χ3v) is 11.6. The zero-order valence-corrected chi connectivity index (χ0v) is 36.0. The Labute approximate surface area is 321 Å². The molecule has 0 fully saturated rings. The second-order valence-corrected chi connectivity index (χ2v) is 17.9. The van der Waals surface area contributed by atoms with Crippen LogP contribution in [0.5, 0.6) is 0 Å². The van der Waals surface area contributed by atoms with Crippen LogP contribution in [0.3, 0.4) is 0 Å². The molecule has 0 heterocycles. The molecule has 0 aliphatic rings. The average molecular weight is 740 g/mol. The fourth-order valence-electron chi connectivity index (χ4n) is 6.50. The molecule has 0 aliphatic carbocycles. The van der Waals surface area contributed by atoms with Crippen molar-refractivity contribution < 1.29 is 23.9 Å². The number of hydrogen-bond acceptors (Lipinski definition) is 7. The van der Waals surface area contributed by atoms with Crippen LogP contribution in [-0.2, 0) is 23.9 Å². The van der Waals surface area contributed by atoms with Crippen LogP contribution in [0.15, 0.2) is 0 Å². The second kappa shape index (κ2) is 32.4. The van der Waals surface area contributed by atoms with Crippen molar-refractivity contribution in [2.24, 2.45) is 10.8 Å². The first kappa shape index (κ1) is 49.9. The van der Waals surface area contributed by atoms with Crippen LogP contribution >= 0.6 is 11.8 Å². The summed E-state index contributed by atoms with van der Waals surface area (Å²) in [5.41, 5.74) is -0.766. The highest BCUT2D eigenvalue weighted by Gasteiger charge is 2.29. The predicted molar refractivity (Wildman–Crippen MR) is 220 cm³/mol. The van der Waals surface area contributed by atoms with Crippen molar-refractivity contribution in [3.05, 3.63) is 0 Å². The summed E-state index contributed by atoms with van der Waals surface area (Å²) >= 11 is 1.54. The largest absolute Gasteiger partial charge is 0.465 e. The summed E-state index contributed by atoms with van der Waals surface area (Å²) in [5, 5.41) is 0.333. The highest BCUT2D eigenvalue weighted by Crippen LogP contribution is 2.31. The van der Waals surface area contributed by atoms with Crippen LogP contribution in [-0.4, -0.2) is 61.1 Å². The summed E-state index contributed by atoms with van der Waals surface area (Å²) < 4.78 is 11.6. The molecule has 0 spiro atoms. The van der Waals surface area contributed by atoms with Crippen molar-refractivity contribution in [1.29, 1.82) is 0 Å². The SMILES string of the molecule is CCCCCCCCCCSC(=O)C(C)(C)CCCCCC(CCCCCC(C)(C)C(=O)OCCCCCCCCC)OC(=O)CCCN(C)C. The van der Waals surface area contributed by atoms with Crippen molar-refractivity contribution in [3.8, 4) is 0 Å². The number of rotatable bonds is 36. The number of nitrogens with zero attached hydrogens (tertiary/aromatic N) is 1. The lowest BCUT2D eigenvalue weighted by Crippen LogP contribution is -2.27. The first-order valence-electron chi connectivity index (χ1n) is 21.5. The zero-order chi connectivity index (χ0) is 38.2. The third kappa shape index (κ3) is 30.0. The van der Waals surface area contributed by atoms with Crippen LogP contribution in [0.4, 0.5) is 0 Å². The highest BCUT2D eigenvalue weighted by atomic mass is 32.2. The zero-order valence-electron chi connectivity index (χ0n) is 35.2. The number of unbranched alkanes of at least 4 members (excludes halogenated alkanes) is 17. The van der Waals surface area contributed by atoms with Crippen molar-refractivity contribution >= 4 is 28.8 Å². The Bertz CT molecular complexity index is 858. The van der Waals surface area contributed by atoms with E-state index in [1.807, 2.05) is 27.9 Å². The van der Waals surface area contributed by atoms with E-state index < -0.39 is 5.41 Å². The van der Waals surface area contributed by atoms with E-state index in [0.717, 1.165) is 102 Å². The van der Waals surface area contributed by atoms with Gasteiger partial charge in [0.15, 0.2) is 5.12 Å². The van der Waals surface area contributed by atoms with Crippen molar-refractivity contribution in [2.45, 2.75) is 221 Å². The van der Waals surface area contributed by atoms with Crippen molar-refractivity contribution in [3.63, 3.8) is 0 Å². The van der Waals surface area contributed by atoms with Gasteiger partial charge in [-0.2, -0.15) is 0 Å². The number of esters is 2. The van der Waals surface area contributed by atoms with Gasteiger partial charge in [-0.3, -0.25) is 14.4 Å². The Morgan fingerprint density at radius 1 is 0.588 bits per heavy atom. The Balaban J connectivity index is 4.50. The van der Waals surface area contributed by atoms with Gasteiger partial charge in [-0.25, -0.2) is 0 Å². The molecule has 1 unspecified atom stereocenters. The normalized spacial score (nSPS) is 12.7. The molecule has 0 aromatic rings.